The third kappa shape index (κ3) is 8.06. The molecule has 0 bridgehead atoms. The van der Waals surface area contributed by atoms with Gasteiger partial charge in [-0.15, -0.1) is 10.2 Å². The molecule has 5 heterocycles. The van der Waals surface area contributed by atoms with E-state index in [9.17, 15) is 9.90 Å². The zero-order valence-corrected chi connectivity index (χ0v) is 33.1. The first kappa shape index (κ1) is 37.8. The summed E-state index contributed by atoms with van der Waals surface area (Å²) >= 11 is 0. The second-order valence-corrected chi connectivity index (χ2v) is 16.5. The fourth-order valence-electron chi connectivity index (χ4n) is 8.28. The van der Waals surface area contributed by atoms with Crippen molar-refractivity contribution in [2.24, 2.45) is 0 Å². The van der Waals surface area contributed by atoms with Gasteiger partial charge in [-0.25, -0.2) is 9.48 Å². The molecule has 2 fully saturated rings. The van der Waals surface area contributed by atoms with Crippen LogP contribution in [0.1, 0.15) is 107 Å². The van der Waals surface area contributed by atoms with Gasteiger partial charge in [-0.05, 0) is 94.3 Å². The molecule has 13 heteroatoms. The molecular formula is C43H55N9O4. The molecular weight excluding hydrogens is 707 g/mol. The number of nitrogens with one attached hydrogen (secondary N) is 2. The van der Waals surface area contributed by atoms with Crippen molar-refractivity contribution in [1.29, 1.82) is 0 Å². The smallest absolute Gasteiger partial charge is 0.320 e. The topological polar surface area (TPSA) is 134 Å². The molecule has 3 aromatic heterocycles. The maximum Gasteiger partial charge on any atom is 0.320 e. The summed E-state index contributed by atoms with van der Waals surface area (Å²) in [4.78, 5) is 18.6. The molecule has 3 N–H and O–H groups in total. The van der Waals surface area contributed by atoms with Crippen molar-refractivity contribution >= 4 is 23.4 Å². The number of benzene rings is 2. The molecule has 0 saturated carbocycles. The summed E-state index contributed by atoms with van der Waals surface area (Å²) in [6.45, 7) is 12.9. The van der Waals surface area contributed by atoms with Crippen molar-refractivity contribution in [3.63, 3.8) is 0 Å². The Bertz CT molecular complexity index is 2150. The van der Waals surface area contributed by atoms with Gasteiger partial charge in [0.25, 0.3) is 0 Å². The summed E-state index contributed by atoms with van der Waals surface area (Å²) in [7, 11) is 0. The van der Waals surface area contributed by atoms with Gasteiger partial charge in [0.1, 0.15) is 30.0 Å². The van der Waals surface area contributed by atoms with E-state index < -0.39 is 0 Å². The van der Waals surface area contributed by atoms with Gasteiger partial charge in [-0.3, -0.25) is 14.6 Å². The van der Waals surface area contributed by atoms with Crippen molar-refractivity contribution in [2.75, 3.05) is 43.0 Å². The van der Waals surface area contributed by atoms with Gasteiger partial charge in [0, 0.05) is 42.2 Å². The second kappa shape index (κ2) is 16.1. The summed E-state index contributed by atoms with van der Waals surface area (Å²) in [5.74, 6) is 2.76. The molecule has 1 unspecified atom stereocenters. The fourth-order valence-corrected chi connectivity index (χ4v) is 8.28. The van der Waals surface area contributed by atoms with E-state index >= 15 is 0 Å². The Morgan fingerprint density at radius 3 is 2.52 bits per heavy atom. The maximum atomic E-state index is 13.8. The average Bonchev–Trinajstić information content (AvgIpc) is 3.97. The lowest BCUT2D eigenvalue weighted by Gasteiger charge is -2.33. The average molecular weight is 762 g/mol. The van der Waals surface area contributed by atoms with E-state index in [1.54, 1.807) is 4.68 Å². The van der Waals surface area contributed by atoms with E-state index in [1.807, 2.05) is 59.1 Å². The Hall–Kier alpha value is -5.14. The Labute approximate surface area is 329 Å². The number of likely N-dealkylation sites (tertiary alicyclic amines) is 1. The van der Waals surface area contributed by atoms with Gasteiger partial charge >= 0.3 is 6.03 Å². The first-order chi connectivity index (χ1) is 27.1. The highest BCUT2D eigenvalue weighted by molar-refractivity contribution is 5.89. The number of fused-ring (bicyclic) bond motifs is 2. The number of aromatic nitrogens is 5. The summed E-state index contributed by atoms with van der Waals surface area (Å²) in [6.07, 6.45) is 9.23. The highest BCUT2D eigenvalue weighted by Crippen LogP contribution is 2.39. The number of piperidine rings is 1. The number of carbonyl (C=O) groups is 1. The molecule has 3 aliphatic rings. The minimum atomic E-state index is -0.322. The summed E-state index contributed by atoms with van der Waals surface area (Å²) < 4.78 is 16.7. The number of carbonyl (C=O) groups excluding carboxylic acids is 1. The quantitative estimate of drug-likeness (QED) is 0.127. The lowest BCUT2D eigenvalue weighted by Crippen LogP contribution is -2.38. The van der Waals surface area contributed by atoms with Crippen LogP contribution >= 0.6 is 0 Å². The molecule has 2 aromatic carbocycles. The number of hydrogen-bond donors (Lipinski definition) is 3. The van der Waals surface area contributed by atoms with Crippen LogP contribution in [0, 0.1) is 0 Å². The van der Waals surface area contributed by atoms with E-state index in [0.29, 0.717) is 36.2 Å². The van der Waals surface area contributed by atoms with Crippen LogP contribution in [-0.2, 0) is 12.0 Å². The lowest BCUT2D eigenvalue weighted by atomic mass is 9.85. The molecule has 2 amide bonds. The van der Waals surface area contributed by atoms with Gasteiger partial charge in [-0.2, -0.15) is 5.10 Å². The van der Waals surface area contributed by atoms with Gasteiger partial charge in [0.2, 0.25) is 5.95 Å². The summed E-state index contributed by atoms with van der Waals surface area (Å²) in [5, 5.41) is 30.4. The van der Waals surface area contributed by atoms with Gasteiger partial charge in [-0.1, -0.05) is 51.1 Å². The van der Waals surface area contributed by atoms with E-state index in [1.165, 1.54) is 19.3 Å². The zero-order chi connectivity index (χ0) is 38.8. The van der Waals surface area contributed by atoms with Crippen LogP contribution in [0.25, 0.3) is 11.3 Å². The van der Waals surface area contributed by atoms with Crippen molar-refractivity contribution < 1.29 is 19.4 Å². The van der Waals surface area contributed by atoms with E-state index in [4.69, 9.17) is 14.6 Å². The predicted octanol–water partition coefficient (Wildman–Crippen LogP) is 7.33. The van der Waals surface area contributed by atoms with Crippen LogP contribution in [0.4, 0.5) is 16.6 Å². The van der Waals surface area contributed by atoms with Crippen molar-refractivity contribution in [1.82, 2.24) is 34.6 Å². The highest BCUT2D eigenvalue weighted by Gasteiger charge is 2.31. The molecule has 8 rings (SSSR count). The number of rotatable bonds is 11. The first-order valence-electron chi connectivity index (χ1n) is 20.3. The third-order valence-corrected chi connectivity index (χ3v) is 11.5. The monoisotopic (exact) mass is 761 g/mol. The summed E-state index contributed by atoms with van der Waals surface area (Å²) in [6, 6.07) is 19.6. The van der Waals surface area contributed by atoms with Gasteiger partial charge in [0.05, 0.1) is 30.2 Å². The molecule has 2 saturated heterocycles. The Morgan fingerprint density at radius 1 is 0.929 bits per heavy atom. The lowest BCUT2D eigenvalue weighted by molar-refractivity contribution is 0.171. The predicted molar refractivity (Wildman–Crippen MR) is 217 cm³/mol. The second-order valence-electron chi connectivity index (χ2n) is 16.5. The Morgan fingerprint density at radius 2 is 1.73 bits per heavy atom. The number of amides is 2. The van der Waals surface area contributed by atoms with Crippen LogP contribution in [-0.4, -0.2) is 79.2 Å². The Kier molecular flexibility index (Phi) is 10.9. The SMILES string of the molecule is CC1CCCCN1c1nnc2ccc(O[C@@H]3CC[C@H](NC(=O)Nc4cc(C(C)(C)C)nn4-c4ccc(CO)c(OCCN5CCCC5)c4)c4ccccc43)cn12. The number of aliphatic hydroxyl groups excluding tert-OH is 1. The fraction of sp³-hybridized carbons (Fsp3) is 0.488. The number of urea groups is 1. The zero-order valence-electron chi connectivity index (χ0n) is 33.1. The van der Waals surface area contributed by atoms with Crippen molar-refractivity contribution in [3.8, 4) is 17.2 Å². The molecule has 1 aliphatic carbocycles. The van der Waals surface area contributed by atoms with Crippen LogP contribution in [0.3, 0.4) is 0 Å². The first-order valence-corrected chi connectivity index (χ1v) is 20.3. The van der Waals surface area contributed by atoms with Crippen LogP contribution in [0.15, 0.2) is 66.9 Å². The number of hydrogen-bond acceptors (Lipinski definition) is 9. The van der Waals surface area contributed by atoms with E-state index in [-0.39, 0.29) is 30.2 Å². The van der Waals surface area contributed by atoms with Crippen LogP contribution in [0.2, 0.25) is 0 Å². The number of anilines is 2. The van der Waals surface area contributed by atoms with E-state index in [2.05, 4.69) is 70.5 Å². The number of nitrogens with zero attached hydrogens (tertiary/aromatic N) is 7. The molecule has 5 aromatic rings. The molecule has 296 valence electrons. The van der Waals surface area contributed by atoms with Gasteiger partial charge in [0.15, 0.2) is 5.65 Å². The maximum absolute atomic E-state index is 13.8. The number of aliphatic hydroxyl groups is 1. The van der Waals surface area contributed by atoms with Gasteiger partial charge < -0.3 is 24.8 Å². The highest BCUT2D eigenvalue weighted by atomic mass is 16.5. The normalized spacial score (nSPS) is 20.2. The largest absolute Gasteiger partial charge is 0.492 e. The number of pyridine rings is 1. The minimum Gasteiger partial charge on any atom is -0.492 e. The number of ether oxygens (including phenoxy) is 2. The molecule has 0 spiro atoms. The molecule has 3 atom stereocenters. The molecule has 2 aliphatic heterocycles. The molecule has 56 heavy (non-hydrogen) atoms. The molecule has 13 nitrogen and oxygen atoms in total. The minimum absolute atomic E-state index is 0.135. The summed E-state index contributed by atoms with van der Waals surface area (Å²) in [5.41, 5.74) is 4.90. The molecule has 0 radical (unpaired) electrons. The van der Waals surface area contributed by atoms with Crippen LogP contribution in [0.5, 0.6) is 11.5 Å². The Balaban J connectivity index is 0.983. The van der Waals surface area contributed by atoms with Crippen LogP contribution < -0.4 is 25.0 Å². The standard InChI is InChI=1S/C43H55N9O4/c1-29-11-7-8-22-50(29)42-47-46-39-19-16-32(27-51(39)42)56-36-18-17-35(33-12-5-6-13-34(33)36)44-41(54)45-40-26-38(43(2,3)4)48-52(40)31-15-14-30(28-53)37(25-31)55-24-23-49-20-9-10-21-49/h5-6,12-16,19,25-27,29,35-36,53H,7-11,17-18,20-24,28H2,1-4H3,(H2,44,45,54)/t29?,35-,36+/m0/s1. The van der Waals surface area contributed by atoms with Crippen molar-refractivity contribution in [3.05, 3.63) is 89.2 Å². The van der Waals surface area contributed by atoms with E-state index in [0.717, 1.165) is 85.3 Å². The third-order valence-electron chi connectivity index (χ3n) is 11.5. The van der Waals surface area contributed by atoms with Crippen molar-refractivity contribution in [2.45, 2.75) is 103 Å².